The Labute approximate surface area is 209 Å². The van der Waals surface area contributed by atoms with E-state index in [2.05, 4.69) is 37.8 Å². The molecule has 4 rings (SSSR count). The van der Waals surface area contributed by atoms with E-state index in [9.17, 15) is 18.0 Å². The molecule has 8 nitrogen and oxygen atoms in total. The van der Waals surface area contributed by atoms with Crippen LogP contribution in [0.3, 0.4) is 0 Å². The van der Waals surface area contributed by atoms with Crippen molar-refractivity contribution in [2.24, 2.45) is 5.92 Å². The van der Waals surface area contributed by atoms with Crippen LogP contribution in [0.1, 0.15) is 36.8 Å². The molecule has 196 valence electrons. The van der Waals surface area contributed by atoms with Crippen LogP contribution in [0.5, 0.6) is 0 Å². The van der Waals surface area contributed by atoms with Gasteiger partial charge < -0.3 is 25.8 Å². The molecule has 2 aliphatic rings. The molecule has 1 saturated carbocycles. The van der Waals surface area contributed by atoms with Crippen LogP contribution in [0, 0.1) is 5.92 Å². The summed E-state index contributed by atoms with van der Waals surface area (Å²) in [4.78, 5) is 26.5. The SMILES string of the molecule is CNc1cc(N2CCN(C)CC2)nc(NC2CCC(C(=O)NCc3ccccc3C(F)(F)F)CC2)n1. The van der Waals surface area contributed by atoms with E-state index >= 15 is 0 Å². The Balaban J connectivity index is 1.30. The molecule has 36 heavy (non-hydrogen) atoms. The molecule has 0 unspecified atom stereocenters. The molecule has 0 atom stereocenters. The van der Waals surface area contributed by atoms with E-state index in [4.69, 9.17) is 4.98 Å². The lowest BCUT2D eigenvalue weighted by atomic mass is 9.85. The van der Waals surface area contributed by atoms with Crippen LogP contribution in [0.2, 0.25) is 0 Å². The van der Waals surface area contributed by atoms with Gasteiger partial charge in [-0.05, 0) is 44.4 Å². The third kappa shape index (κ3) is 6.57. The molecule has 1 aromatic carbocycles. The number of aromatic nitrogens is 2. The lowest BCUT2D eigenvalue weighted by Gasteiger charge is -2.33. The molecule has 2 heterocycles. The summed E-state index contributed by atoms with van der Waals surface area (Å²) in [6, 6.07) is 7.43. The number of piperazine rings is 1. The van der Waals surface area contributed by atoms with Gasteiger partial charge in [-0.3, -0.25) is 4.79 Å². The highest BCUT2D eigenvalue weighted by Gasteiger charge is 2.33. The second-order valence-corrected chi connectivity index (χ2v) is 9.54. The van der Waals surface area contributed by atoms with Gasteiger partial charge in [0, 0.05) is 57.8 Å². The van der Waals surface area contributed by atoms with Crippen LogP contribution < -0.4 is 20.9 Å². The van der Waals surface area contributed by atoms with E-state index < -0.39 is 11.7 Å². The normalized spacial score (nSPS) is 21.2. The molecule has 3 N–H and O–H groups in total. The summed E-state index contributed by atoms with van der Waals surface area (Å²) in [5.74, 6) is 1.78. The molecule has 11 heteroatoms. The number of rotatable bonds is 7. The summed E-state index contributed by atoms with van der Waals surface area (Å²) < 4.78 is 39.6. The zero-order valence-electron chi connectivity index (χ0n) is 20.7. The lowest BCUT2D eigenvalue weighted by Crippen LogP contribution is -2.45. The summed E-state index contributed by atoms with van der Waals surface area (Å²) >= 11 is 0. The fourth-order valence-corrected chi connectivity index (χ4v) is 4.78. The third-order valence-corrected chi connectivity index (χ3v) is 7.00. The van der Waals surface area contributed by atoms with Gasteiger partial charge in [0.1, 0.15) is 11.6 Å². The second kappa shape index (κ2) is 11.3. The largest absolute Gasteiger partial charge is 0.416 e. The second-order valence-electron chi connectivity index (χ2n) is 9.54. The highest BCUT2D eigenvalue weighted by atomic mass is 19.4. The van der Waals surface area contributed by atoms with E-state index in [1.807, 2.05) is 13.1 Å². The smallest absolute Gasteiger partial charge is 0.373 e. The van der Waals surface area contributed by atoms with Gasteiger partial charge in [-0.2, -0.15) is 23.1 Å². The van der Waals surface area contributed by atoms with Crippen molar-refractivity contribution in [1.29, 1.82) is 0 Å². The molecular weight excluding hydrogens is 471 g/mol. The highest BCUT2D eigenvalue weighted by molar-refractivity contribution is 5.78. The predicted octanol–water partition coefficient (Wildman–Crippen LogP) is 3.58. The molecule has 1 saturated heterocycles. The minimum atomic E-state index is -4.44. The fraction of sp³-hybridized carbons (Fsp3) is 0.560. The van der Waals surface area contributed by atoms with Gasteiger partial charge in [0.2, 0.25) is 11.9 Å². The number of amides is 1. The Hall–Kier alpha value is -3.08. The molecule has 0 spiro atoms. The lowest BCUT2D eigenvalue weighted by molar-refractivity contribution is -0.138. The number of nitrogens with one attached hydrogen (secondary N) is 3. The van der Waals surface area contributed by atoms with Crippen LogP contribution in [0.25, 0.3) is 0 Å². The Morgan fingerprint density at radius 2 is 1.75 bits per heavy atom. The number of benzene rings is 1. The third-order valence-electron chi connectivity index (χ3n) is 7.00. The first-order valence-electron chi connectivity index (χ1n) is 12.4. The Morgan fingerprint density at radius 3 is 2.42 bits per heavy atom. The number of nitrogens with zero attached hydrogens (tertiary/aromatic N) is 4. The number of carbonyl (C=O) groups excluding carboxylic acids is 1. The first-order chi connectivity index (χ1) is 17.2. The van der Waals surface area contributed by atoms with Gasteiger partial charge in [0.25, 0.3) is 0 Å². The number of carbonyl (C=O) groups is 1. The van der Waals surface area contributed by atoms with Crippen molar-refractivity contribution in [2.45, 2.75) is 44.4 Å². The minimum Gasteiger partial charge on any atom is -0.373 e. The van der Waals surface area contributed by atoms with Gasteiger partial charge in [-0.15, -0.1) is 0 Å². The Bertz CT molecular complexity index is 1030. The molecule has 1 aliphatic carbocycles. The van der Waals surface area contributed by atoms with E-state index in [-0.39, 0.29) is 30.0 Å². The average Bonchev–Trinajstić information content (AvgIpc) is 2.87. The van der Waals surface area contributed by atoms with Crippen LogP contribution in [-0.4, -0.2) is 67.1 Å². The van der Waals surface area contributed by atoms with Gasteiger partial charge >= 0.3 is 6.18 Å². The van der Waals surface area contributed by atoms with E-state index in [0.717, 1.165) is 56.7 Å². The van der Waals surface area contributed by atoms with Crippen LogP contribution >= 0.6 is 0 Å². The summed E-state index contributed by atoms with van der Waals surface area (Å²) in [7, 11) is 3.94. The fourth-order valence-electron chi connectivity index (χ4n) is 4.78. The molecule has 2 fully saturated rings. The molecule has 1 amide bonds. The van der Waals surface area contributed by atoms with Gasteiger partial charge in [-0.25, -0.2) is 0 Å². The molecule has 0 bridgehead atoms. The van der Waals surface area contributed by atoms with Crippen LogP contribution in [0.4, 0.5) is 30.8 Å². The van der Waals surface area contributed by atoms with Gasteiger partial charge in [-0.1, -0.05) is 18.2 Å². The maximum Gasteiger partial charge on any atom is 0.416 e. The molecule has 0 radical (unpaired) electrons. The van der Waals surface area contributed by atoms with Crippen molar-refractivity contribution >= 4 is 23.5 Å². The molecule has 2 aromatic rings. The summed E-state index contributed by atoms with van der Waals surface area (Å²) in [5, 5.41) is 9.24. The highest BCUT2D eigenvalue weighted by Crippen LogP contribution is 2.32. The Morgan fingerprint density at radius 1 is 1.06 bits per heavy atom. The number of likely N-dealkylation sites (N-methyl/N-ethyl adjacent to an activating group) is 1. The van der Waals surface area contributed by atoms with Crippen LogP contribution in [-0.2, 0) is 17.5 Å². The van der Waals surface area contributed by atoms with Crippen molar-refractivity contribution in [1.82, 2.24) is 20.2 Å². The topological polar surface area (TPSA) is 85.4 Å². The average molecular weight is 506 g/mol. The summed E-state index contributed by atoms with van der Waals surface area (Å²) in [5.41, 5.74) is -0.635. The minimum absolute atomic E-state index is 0.0754. The monoisotopic (exact) mass is 505 g/mol. The number of alkyl halides is 3. The van der Waals surface area contributed by atoms with Gasteiger partial charge in [0.15, 0.2) is 0 Å². The number of hydrogen-bond acceptors (Lipinski definition) is 7. The maximum absolute atomic E-state index is 13.2. The summed E-state index contributed by atoms with van der Waals surface area (Å²) in [6.07, 6.45) is -1.62. The molecule has 1 aromatic heterocycles. The van der Waals surface area contributed by atoms with E-state index in [1.54, 1.807) is 6.07 Å². The van der Waals surface area contributed by atoms with E-state index in [1.165, 1.54) is 12.1 Å². The van der Waals surface area contributed by atoms with Gasteiger partial charge in [0.05, 0.1) is 5.56 Å². The van der Waals surface area contributed by atoms with E-state index in [0.29, 0.717) is 18.8 Å². The first kappa shape index (κ1) is 26.0. The molecular formula is C25H34F3N7O. The van der Waals surface area contributed by atoms with Crippen LogP contribution in [0.15, 0.2) is 30.3 Å². The summed E-state index contributed by atoms with van der Waals surface area (Å²) in [6.45, 7) is 3.64. The first-order valence-corrected chi connectivity index (χ1v) is 12.4. The number of hydrogen-bond donors (Lipinski definition) is 3. The zero-order valence-corrected chi connectivity index (χ0v) is 20.7. The van der Waals surface area contributed by atoms with Crippen molar-refractivity contribution in [3.63, 3.8) is 0 Å². The zero-order chi connectivity index (χ0) is 25.7. The Kier molecular flexibility index (Phi) is 8.17. The predicted molar refractivity (Wildman–Crippen MR) is 134 cm³/mol. The standard InChI is InChI=1S/C25H34F3N7O/c1-29-21-15-22(35-13-11-34(2)12-14-35)33-24(32-21)31-19-9-7-17(8-10-19)23(36)30-16-18-5-3-4-6-20(18)25(26,27)28/h3-6,15,17,19H,7-14,16H2,1-2H3,(H,30,36)(H2,29,31,32,33). The van der Waals surface area contributed by atoms with Crippen molar-refractivity contribution in [2.75, 3.05) is 55.8 Å². The molecule has 1 aliphatic heterocycles. The quantitative estimate of drug-likeness (QED) is 0.531. The number of halogens is 3. The number of anilines is 3. The van der Waals surface area contributed by atoms with Crippen molar-refractivity contribution in [3.8, 4) is 0 Å². The van der Waals surface area contributed by atoms with Crippen molar-refractivity contribution in [3.05, 3.63) is 41.5 Å². The maximum atomic E-state index is 13.2. The van der Waals surface area contributed by atoms with Crippen molar-refractivity contribution < 1.29 is 18.0 Å².